The van der Waals surface area contributed by atoms with E-state index >= 15 is 0 Å². The molecule has 0 aliphatic carbocycles. The van der Waals surface area contributed by atoms with E-state index in [0.717, 1.165) is 28.0 Å². The summed E-state index contributed by atoms with van der Waals surface area (Å²) in [6.07, 6.45) is 1.78. The van der Waals surface area contributed by atoms with Gasteiger partial charge in [0.25, 0.3) is 5.91 Å². The van der Waals surface area contributed by atoms with Crippen LogP contribution in [-0.2, 0) is 0 Å². The summed E-state index contributed by atoms with van der Waals surface area (Å²) in [6, 6.07) is 21.6. The van der Waals surface area contributed by atoms with Gasteiger partial charge in [-0.3, -0.25) is 9.36 Å². The number of hydrogen-bond donors (Lipinski definition) is 1. The molecule has 0 fully saturated rings. The van der Waals surface area contributed by atoms with E-state index in [0.29, 0.717) is 5.56 Å². The zero-order valence-electron chi connectivity index (χ0n) is 14.7. The number of fused-ring (bicyclic) bond motifs is 1. The number of nitrogens with one attached hydrogen (secondary N) is 1. The summed E-state index contributed by atoms with van der Waals surface area (Å²) in [6.45, 7) is 4.03. The molecule has 1 aromatic heterocycles. The molecular weight excluding hydrogens is 322 g/mol. The van der Waals surface area contributed by atoms with Crippen molar-refractivity contribution >= 4 is 22.6 Å². The number of aromatic nitrogens is 2. The number of anilines is 1. The summed E-state index contributed by atoms with van der Waals surface area (Å²) in [5, 5.41) is 2.98. The maximum absolute atomic E-state index is 12.6. The Balaban J connectivity index is 1.64. The minimum Gasteiger partial charge on any atom is -0.322 e. The van der Waals surface area contributed by atoms with Gasteiger partial charge in [-0.15, -0.1) is 0 Å². The minimum absolute atomic E-state index is 0.131. The Morgan fingerprint density at radius 1 is 0.962 bits per heavy atom. The van der Waals surface area contributed by atoms with Crippen molar-refractivity contribution in [3.8, 4) is 5.69 Å². The molecule has 0 aliphatic heterocycles. The first-order valence-electron chi connectivity index (χ1n) is 8.53. The van der Waals surface area contributed by atoms with Gasteiger partial charge in [0.15, 0.2) is 0 Å². The first kappa shape index (κ1) is 16.1. The predicted octanol–water partition coefficient (Wildman–Crippen LogP) is 4.89. The van der Waals surface area contributed by atoms with Crippen LogP contribution in [0.5, 0.6) is 0 Å². The summed E-state index contributed by atoms with van der Waals surface area (Å²) in [7, 11) is 0. The number of imidazole rings is 1. The molecule has 128 valence electrons. The van der Waals surface area contributed by atoms with Crippen molar-refractivity contribution in [2.75, 3.05) is 5.32 Å². The van der Waals surface area contributed by atoms with Gasteiger partial charge < -0.3 is 5.32 Å². The van der Waals surface area contributed by atoms with Gasteiger partial charge in [-0.2, -0.15) is 0 Å². The van der Waals surface area contributed by atoms with Crippen LogP contribution in [0.2, 0.25) is 0 Å². The van der Waals surface area contributed by atoms with Crippen LogP contribution in [0.1, 0.15) is 21.5 Å². The van der Waals surface area contributed by atoms with E-state index in [1.165, 1.54) is 5.56 Å². The number of rotatable bonds is 3. The number of amides is 1. The number of nitrogens with zero attached hydrogens (tertiary/aromatic N) is 2. The van der Waals surface area contributed by atoms with Crippen LogP contribution >= 0.6 is 0 Å². The Morgan fingerprint density at radius 2 is 1.77 bits per heavy atom. The molecule has 4 rings (SSSR count). The lowest BCUT2D eigenvalue weighted by Crippen LogP contribution is -2.12. The Bertz CT molecular complexity index is 1100. The van der Waals surface area contributed by atoms with Crippen LogP contribution < -0.4 is 5.32 Å². The maximum atomic E-state index is 12.6. The molecule has 0 saturated carbocycles. The summed E-state index contributed by atoms with van der Waals surface area (Å²) in [5.74, 6) is -0.131. The highest BCUT2D eigenvalue weighted by Crippen LogP contribution is 2.21. The first-order chi connectivity index (χ1) is 12.6. The molecule has 0 radical (unpaired) electrons. The van der Waals surface area contributed by atoms with Crippen LogP contribution in [-0.4, -0.2) is 15.5 Å². The van der Waals surface area contributed by atoms with Crippen molar-refractivity contribution in [1.82, 2.24) is 9.55 Å². The van der Waals surface area contributed by atoms with E-state index in [1.807, 2.05) is 79.1 Å². The molecule has 1 N–H and O–H groups in total. The quantitative estimate of drug-likeness (QED) is 0.576. The van der Waals surface area contributed by atoms with Gasteiger partial charge in [-0.25, -0.2) is 4.98 Å². The molecule has 0 atom stereocenters. The van der Waals surface area contributed by atoms with Gasteiger partial charge in [0.2, 0.25) is 0 Å². The Morgan fingerprint density at radius 3 is 2.54 bits per heavy atom. The van der Waals surface area contributed by atoms with Crippen molar-refractivity contribution in [3.05, 3.63) is 89.7 Å². The molecule has 1 heterocycles. The summed E-state index contributed by atoms with van der Waals surface area (Å²) < 4.78 is 2.02. The number of para-hydroxylation sites is 1. The van der Waals surface area contributed by atoms with Crippen LogP contribution in [0.3, 0.4) is 0 Å². The monoisotopic (exact) mass is 341 g/mol. The molecule has 4 heteroatoms. The van der Waals surface area contributed by atoms with Gasteiger partial charge in [-0.05, 0) is 55.8 Å². The third kappa shape index (κ3) is 2.97. The van der Waals surface area contributed by atoms with E-state index in [-0.39, 0.29) is 5.91 Å². The van der Waals surface area contributed by atoms with Crippen molar-refractivity contribution in [3.63, 3.8) is 0 Å². The normalized spacial score (nSPS) is 10.8. The predicted molar refractivity (Wildman–Crippen MR) is 105 cm³/mol. The van der Waals surface area contributed by atoms with E-state index < -0.39 is 0 Å². The van der Waals surface area contributed by atoms with E-state index in [4.69, 9.17) is 0 Å². The smallest absolute Gasteiger partial charge is 0.255 e. The number of carbonyl (C=O) groups excluding carboxylic acids is 1. The molecule has 4 aromatic rings. The van der Waals surface area contributed by atoms with E-state index in [2.05, 4.69) is 16.4 Å². The second-order valence-electron chi connectivity index (χ2n) is 6.43. The van der Waals surface area contributed by atoms with Crippen LogP contribution in [0.15, 0.2) is 73.1 Å². The molecule has 0 spiro atoms. The number of aryl methyl sites for hydroxylation is 2. The SMILES string of the molecule is Cc1ccc(NC(=O)c2ccc3c(c2)ncn3-c2ccccc2)c(C)c1. The van der Waals surface area contributed by atoms with E-state index in [1.54, 1.807) is 6.33 Å². The number of hydrogen-bond acceptors (Lipinski definition) is 2. The highest BCUT2D eigenvalue weighted by atomic mass is 16.1. The molecule has 26 heavy (non-hydrogen) atoms. The van der Waals surface area contributed by atoms with Gasteiger partial charge in [-0.1, -0.05) is 35.9 Å². The van der Waals surface area contributed by atoms with Crippen molar-refractivity contribution in [2.24, 2.45) is 0 Å². The van der Waals surface area contributed by atoms with Crippen LogP contribution in [0, 0.1) is 13.8 Å². The fraction of sp³-hybridized carbons (Fsp3) is 0.0909. The van der Waals surface area contributed by atoms with Gasteiger partial charge in [0.1, 0.15) is 6.33 Å². The lowest BCUT2D eigenvalue weighted by Gasteiger charge is -2.09. The average molecular weight is 341 g/mol. The summed E-state index contributed by atoms with van der Waals surface area (Å²) >= 11 is 0. The average Bonchev–Trinajstić information content (AvgIpc) is 3.08. The summed E-state index contributed by atoms with van der Waals surface area (Å²) in [5.41, 5.74) is 6.45. The van der Waals surface area contributed by atoms with Crippen LogP contribution in [0.4, 0.5) is 5.69 Å². The molecule has 4 nitrogen and oxygen atoms in total. The lowest BCUT2D eigenvalue weighted by atomic mass is 10.1. The van der Waals surface area contributed by atoms with Gasteiger partial charge in [0, 0.05) is 16.9 Å². The molecule has 0 aliphatic rings. The number of carbonyl (C=O) groups is 1. The van der Waals surface area contributed by atoms with Gasteiger partial charge in [0.05, 0.1) is 11.0 Å². The topological polar surface area (TPSA) is 46.9 Å². The molecule has 0 bridgehead atoms. The molecule has 3 aromatic carbocycles. The van der Waals surface area contributed by atoms with Gasteiger partial charge >= 0.3 is 0 Å². The Hall–Kier alpha value is -3.40. The molecule has 0 unspecified atom stereocenters. The largest absolute Gasteiger partial charge is 0.322 e. The zero-order chi connectivity index (χ0) is 18.1. The third-order valence-electron chi connectivity index (χ3n) is 4.47. The fourth-order valence-corrected chi connectivity index (χ4v) is 3.10. The van der Waals surface area contributed by atoms with E-state index in [9.17, 15) is 4.79 Å². The lowest BCUT2D eigenvalue weighted by molar-refractivity contribution is 0.102. The second kappa shape index (κ2) is 6.48. The minimum atomic E-state index is -0.131. The third-order valence-corrected chi connectivity index (χ3v) is 4.47. The highest BCUT2D eigenvalue weighted by Gasteiger charge is 2.11. The van der Waals surface area contributed by atoms with Crippen molar-refractivity contribution in [1.29, 1.82) is 0 Å². The van der Waals surface area contributed by atoms with Crippen molar-refractivity contribution < 1.29 is 4.79 Å². The Kier molecular flexibility index (Phi) is 4.01. The van der Waals surface area contributed by atoms with Crippen LogP contribution in [0.25, 0.3) is 16.7 Å². The number of benzene rings is 3. The standard InChI is InChI=1S/C22H19N3O/c1-15-8-10-19(16(2)12-15)24-22(26)17-9-11-21-20(13-17)23-14-25(21)18-6-4-3-5-7-18/h3-14H,1-2H3,(H,24,26). The maximum Gasteiger partial charge on any atom is 0.255 e. The zero-order valence-corrected chi connectivity index (χ0v) is 14.7. The highest BCUT2D eigenvalue weighted by molar-refractivity contribution is 6.06. The first-order valence-corrected chi connectivity index (χ1v) is 8.53. The molecule has 1 amide bonds. The second-order valence-corrected chi connectivity index (χ2v) is 6.43. The van der Waals surface area contributed by atoms with Crippen molar-refractivity contribution in [2.45, 2.75) is 13.8 Å². The molecule has 0 saturated heterocycles. The fourth-order valence-electron chi connectivity index (χ4n) is 3.10. The Labute approximate surface area is 152 Å². The summed E-state index contributed by atoms with van der Waals surface area (Å²) in [4.78, 5) is 17.1. The molecular formula is C22H19N3O.